The van der Waals surface area contributed by atoms with Crippen LogP contribution in [-0.2, 0) is 6.42 Å². The Balaban J connectivity index is 1.62. The van der Waals surface area contributed by atoms with Crippen LogP contribution in [0.4, 0.5) is 5.13 Å². The van der Waals surface area contributed by atoms with E-state index < -0.39 is 0 Å². The molecule has 0 atom stereocenters. The van der Waals surface area contributed by atoms with Crippen LogP contribution in [0.1, 0.15) is 31.5 Å². The maximum atomic E-state index is 4.47. The molecule has 0 aliphatic heterocycles. The third-order valence-electron chi connectivity index (χ3n) is 2.54. The lowest BCUT2D eigenvalue weighted by atomic mass is 10.3. The third kappa shape index (κ3) is 1.99. The van der Waals surface area contributed by atoms with Gasteiger partial charge in [0.05, 0.1) is 0 Å². The first-order valence-corrected chi connectivity index (χ1v) is 5.76. The van der Waals surface area contributed by atoms with Gasteiger partial charge >= 0.3 is 0 Å². The molecule has 3 rings (SSSR count). The second-order valence-corrected chi connectivity index (χ2v) is 4.83. The highest BCUT2D eigenvalue weighted by Crippen LogP contribution is 2.33. The van der Waals surface area contributed by atoms with Crippen LogP contribution in [0.2, 0.25) is 0 Å². The van der Waals surface area contributed by atoms with Crippen molar-refractivity contribution in [3.8, 4) is 0 Å². The summed E-state index contributed by atoms with van der Waals surface area (Å²) >= 11 is 1.52. The monoisotopic (exact) mass is 195 g/mol. The number of nitrogens with one attached hydrogen (secondary N) is 1. The summed E-state index contributed by atoms with van der Waals surface area (Å²) in [7, 11) is 0. The lowest BCUT2D eigenvalue weighted by Crippen LogP contribution is -2.00. The van der Waals surface area contributed by atoms with Crippen molar-refractivity contribution in [3.05, 3.63) is 5.82 Å². The van der Waals surface area contributed by atoms with Gasteiger partial charge in [-0.25, -0.2) is 4.98 Å². The van der Waals surface area contributed by atoms with Gasteiger partial charge in [0.15, 0.2) is 0 Å². The zero-order valence-corrected chi connectivity index (χ0v) is 8.31. The van der Waals surface area contributed by atoms with Crippen molar-refractivity contribution in [3.63, 3.8) is 0 Å². The van der Waals surface area contributed by atoms with Crippen LogP contribution in [0.5, 0.6) is 0 Å². The van der Waals surface area contributed by atoms with Crippen LogP contribution < -0.4 is 5.32 Å². The van der Waals surface area contributed by atoms with Crippen LogP contribution in [0.3, 0.4) is 0 Å². The van der Waals surface area contributed by atoms with E-state index >= 15 is 0 Å². The lowest BCUT2D eigenvalue weighted by molar-refractivity contribution is 0.787. The number of aromatic nitrogens is 2. The van der Waals surface area contributed by atoms with E-state index in [2.05, 4.69) is 14.7 Å². The molecule has 0 radical (unpaired) electrons. The Morgan fingerprint density at radius 1 is 1.31 bits per heavy atom. The van der Waals surface area contributed by atoms with Crippen molar-refractivity contribution < 1.29 is 0 Å². The minimum absolute atomic E-state index is 0.696. The van der Waals surface area contributed by atoms with Gasteiger partial charge in [0, 0.05) is 24.0 Å². The van der Waals surface area contributed by atoms with Crippen molar-refractivity contribution in [2.24, 2.45) is 5.92 Å². The largest absolute Gasteiger partial charge is 0.358 e. The first-order chi connectivity index (χ1) is 6.40. The van der Waals surface area contributed by atoms with E-state index in [4.69, 9.17) is 0 Å². The highest BCUT2D eigenvalue weighted by Gasteiger charge is 2.25. The summed E-state index contributed by atoms with van der Waals surface area (Å²) in [5.41, 5.74) is 0. The van der Waals surface area contributed by atoms with Gasteiger partial charge < -0.3 is 5.32 Å². The van der Waals surface area contributed by atoms with Crippen molar-refractivity contribution in [2.75, 3.05) is 5.32 Å². The van der Waals surface area contributed by atoms with Gasteiger partial charge in [-0.1, -0.05) is 0 Å². The quantitative estimate of drug-likeness (QED) is 0.799. The molecule has 3 nitrogen and oxygen atoms in total. The lowest BCUT2D eigenvalue weighted by Gasteiger charge is -1.94. The summed E-state index contributed by atoms with van der Waals surface area (Å²) in [4.78, 5) is 4.47. The first kappa shape index (κ1) is 7.74. The Kier molecular flexibility index (Phi) is 1.75. The molecule has 4 heteroatoms. The Labute approximate surface area is 81.7 Å². The van der Waals surface area contributed by atoms with Crippen molar-refractivity contribution in [1.82, 2.24) is 9.36 Å². The first-order valence-electron chi connectivity index (χ1n) is 4.99. The molecule has 0 spiro atoms. The molecule has 2 aliphatic rings. The maximum absolute atomic E-state index is 4.47. The highest BCUT2D eigenvalue weighted by molar-refractivity contribution is 7.09. The predicted octanol–water partition coefficient (Wildman–Crippen LogP) is 2.06. The fourth-order valence-corrected chi connectivity index (χ4v) is 2.05. The Morgan fingerprint density at radius 2 is 2.15 bits per heavy atom. The van der Waals surface area contributed by atoms with Gasteiger partial charge in [0.25, 0.3) is 0 Å². The van der Waals surface area contributed by atoms with E-state index in [9.17, 15) is 0 Å². The average molecular weight is 195 g/mol. The Hall–Kier alpha value is -0.640. The summed E-state index contributed by atoms with van der Waals surface area (Å²) in [6.07, 6.45) is 6.47. The number of rotatable bonds is 4. The van der Waals surface area contributed by atoms with Gasteiger partial charge in [0.2, 0.25) is 5.13 Å². The topological polar surface area (TPSA) is 37.8 Å². The minimum Gasteiger partial charge on any atom is -0.358 e. The predicted molar refractivity (Wildman–Crippen MR) is 53.0 cm³/mol. The molecule has 2 fully saturated rings. The molecule has 0 bridgehead atoms. The molecule has 0 amide bonds. The Morgan fingerprint density at radius 3 is 2.85 bits per heavy atom. The maximum Gasteiger partial charge on any atom is 0.202 e. The highest BCUT2D eigenvalue weighted by atomic mass is 32.1. The van der Waals surface area contributed by atoms with Crippen LogP contribution >= 0.6 is 11.5 Å². The van der Waals surface area contributed by atoms with Gasteiger partial charge in [-0.3, -0.25) is 0 Å². The second-order valence-electron chi connectivity index (χ2n) is 4.08. The standard InChI is InChI=1S/C9H13N3S/c1-2-6(1)5-8-11-9(13-12-8)10-7-3-4-7/h6-7H,1-5H2,(H,10,11,12). The van der Waals surface area contributed by atoms with E-state index in [0.717, 1.165) is 23.3 Å². The van der Waals surface area contributed by atoms with Crippen molar-refractivity contribution >= 4 is 16.7 Å². The number of hydrogen-bond donors (Lipinski definition) is 1. The smallest absolute Gasteiger partial charge is 0.202 e. The SMILES string of the molecule is C1CC1Cc1nsc(NC2CC2)n1. The molecular formula is C9H13N3S. The molecule has 0 aromatic carbocycles. The molecule has 0 saturated heterocycles. The van der Waals surface area contributed by atoms with Gasteiger partial charge in [-0.2, -0.15) is 4.37 Å². The fourth-order valence-electron chi connectivity index (χ4n) is 1.38. The molecule has 1 aromatic rings. The normalized spacial score (nSPS) is 21.8. The van der Waals surface area contributed by atoms with E-state index in [1.807, 2.05) is 0 Å². The number of hydrogen-bond acceptors (Lipinski definition) is 4. The zero-order valence-electron chi connectivity index (χ0n) is 7.49. The number of nitrogens with zero attached hydrogens (tertiary/aromatic N) is 2. The molecule has 70 valence electrons. The number of anilines is 1. The fraction of sp³-hybridized carbons (Fsp3) is 0.778. The third-order valence-corrected chi connectivity index (χ3v) is 3.23. The molecular weight excluding hydrogens is 182 g/mol. The summed E-state index contributed by atoms with van der Waals surface area (Å²) in [5.74, 6) is 1.94. The van der Waals surface area contributed by atoms with E-state index in [1.54, 1.807) is 0 Å². The van der Waals surface area contributed by atoms with Gasteiger partial charge in [-0.15, -0.1) is 0 Å². The summed E-state index contributed by atoms with van der Waals surface area (Å²) in [6.45, 7) is 0. The van der Waals surface area contributed by atoms with Crippen molar-refractivity contribution in [1.29, 1.82) is 0 Å². The molecule has 1 heterocycles. The van der Waals surface area contributed by atoms with Crippen LogP contribution in [0.25, 0.3) is 0 Å². The average Bonchev–Trinajstić information content (AvgIpc) is 2.96. The molecule has 2 aliphatic carbocycles. The molecule has 2 saturated carbocycles. The zero-order chi connectivity index (χ0) is 8.67. The second kappa shape index (κ2) is 2.94. The van der Waals surface area contributed by atoms with E-state index in [1.165, 1.54) is 37.2 Å². The summed E-state index contributed by atoms with van der Waals surface area (Å²) in [5, 5.41) is 4.40. The molecule has 13 heavy (non-hydrogen) atoms. The summed E-state index contributed by atoms with van der Waals surface area (Å²) < 4.78 is 4.35. The van der Waals surface area contributed by atoms with E-state index in [0.29, 0.717) is 6.04 Å². The van der Waals surface area contributed by atoms with Gasteiger partial charge in [-0.05, 0) is 31.6 Å². The van der Waals surface area contributed by atoms with E-state index in [-0.39, 0.29) is 0 Å². The van der Waals surface area contributed by atoms with Crippen LogP contribution in [0.15, 0.2) is 0 Å². The molecule has 1 N–H and O–H groups in total. The van der Waals surface area contributed by atoms with Crippen LogP contribution in [0, 0.1) is 5.92 Å². The van der Waals surface area contributed by atoms with Gasteiger partial charge in [0.1, 0.15) is 5.82 Å². The molecule has 1 aromatic heterocycles. The Bertz CT molecular complexity index is 273. The van der Waals surface area contributed by atoms with Crippen molar-refractivity contribution in [2.45, 2.75) is 38.1 Å². The summed E-state index contributed by atoms with van der Waals surface area (Å²) in [6, 6.07) is 0.696. The minimum atomic E-state index is 0.696. The van der Waals surface area contributed by atoms with Crippen LogP contribution in [-0.4, -0.2) is 15.4 Å². The molecule has 0 unspecified atom stereocenters.